The van der Waals surface area contributed by atoms with Gasteiger partial charge < -0.3 is 19.4 Å². The zero-order valence-corrected chi connectivity index (χ0v) is 19.2. The van der Waals surface area contributed by atoms with Crippen LogP contribution in [0.1, 0.15) is 12.0 Å². The van der Waals surface area contributed by atoms with E-state index in [0.29, 0.717) is 49.7 Å². The molecule has 0 aliphatic carbocycles. The lowest BCUT2D eigenvalue weighted by Gasteiger charge is -2.35. The Balaban J connectivity index is 1.17. The monoisotopic (exact) mass is 486 g/mol. The molecule has 2 saturated heterocycles. The number of nitrogens with zero attached hydrogens (tertiary/aromatic N) is 5. The number of ether oxygens (including phenoxy) is 2. The lowest BCUT2D eigenvalue weighted by atomic mass is 10.0. The second kappa shape index (κ2) is 8.66. The zero-order chi connectivity index (χ0) is 24.8. The Bertz CT molecular complexity index is 1490. The van der Waals surface area contributed by atoms with Crippen molar-refractivity contribution in [3.8, 4) is 11.8 Å². The third-order valence-corrected chi connectivity index (χ3v) is 6.86. The Morgan fingerprint density at radius 3 is 2.83 bits per heavy atom. The van der Waals surface area contributed by atoms with Crippen LogP contribution >= 0.6 is 0 Å². The van der Waals surface area contributed by atoms with Gasteiger partial charge in [0.25, 0.3) is 11.5 Å². The van der Waals surface area contributed by atoms with Gasteiger partial charge in [0.1, 0.15) is 11.9 Å². The minimum absolute atomic E-state index is 0.0648. The van der Waals surface area contributed by atoms with Crippen LogP contribution in [0.4, 0.5) is 16.4 Å². The molecule has 0 unspecified atom stereocenters. The molecule has 182 valence electrons. The summed E-state index contributed by atoms with van der Waals surface area (Å²) in [7, 11) is 0. The number of likely N-dealkylation sites (tertiary alicyclic amines) is 1. The number of pyridine rings is 2. The van der Waals surface area contributed by atoms with Crippen LogP contribution in [0.3, 0.4) is 0 Å². The maximum absolute atomic E-state index is 12.8. The summed E-state index contributed by atoms with van der Waals surface area (Å²) in [5.74, 6) is 0.859. The lowest BCUT2D eigenvalue weighted by Crippen LogP contribution is -2.50. The molecule has 2 amide bonds. The molecule has 0 bridgehead atoms. The first-order valence-electron chi connectivity index (χ1n) is 11.7. The molecule has 3 aliphatic rings. The van der Waals surface area contributed by atoms with E-state index < -0.39 is 6.09 Å². The number of hydrogen-bond donors (Lipinski definition) is 1. The molecule has 3 aromatic rings. The van der Waals surface area contributed by atoms with Gasteiger partial charge in [-0.05, 0) is 42.1 Å². The van der Waals surface area contributed by atoms with Crippen LogP contribution in [0, 0.1) is 11.3 Å². The Hall–Kier alpha value is -4.43. The van der Waals surface area contributed by atoms with E-state index in [-0.39, 0.29) is 36.0 Å². The van der Waals surface area contributed by atoms with Gasteiger partial charge in [-0.2, -0.15) is 5.26 Å². The number of carbonyl (C=O) groups is 2. The van der Waals surface area contributed by atoms with Crippen molar-refractivity contribution in [1.29, 1.82) is 5.26 Å². The SMILES string of the molecule is N#Cc1ccc2ccc(=O)n(CCN3CC[C@@H]4[C@H](C3)OC(=O)N4c3ccc4c(n3)NC(=O)CO4)c2c1. The van der Waals surface area contributed by atoms with E-state index in [1.807, 2.05) is 6.07 Å². The first-order valence-corrected chi connectivity index (χ1v) is 11.7. The van der Waals surface area contributed by atoms with Gasteiger partial charge in [0.15, 0.2) is 18.2 Å². The fourth-order valence-electron chi connectivity index (χ4n) is 5.08. The van der Waals surface area contributed by atoms with E-state index >= 15 is 0 Å². The van der Waals surface area contributed by atoms with Crippen LogP contribution in [0.15, 0.2) is 47.3 Å². The fraction of sp³-hybridized carbons (Fsp3) is 0.320. The van der Waals surface area contributed by atoms with Crippen molar-refractivity contribution in [2.75, 3.05) is 36.5 Å². The molecule has 11 heteroatoms. The third-order valence-electron chi connectivity index (χ3n) is 6.86. The summed E-state index contributed by atoms with van der Waals surface area (Å²) < 4.78 is 12.7. The third kappa shape index (κ3) is 3.81. The van der Waals surface area contributed by atoms with Gasteiger partial charge >= 0.3 is 6.09 Å². The fourth-order valence-corrected chi connectivity index (χ4v) is 5.08. The summed E-state index contributed by atoms with van der Waals surface area (Å²) in [4.78, 5) is 45.2. The maximum atomic E-state index is 12.8. The van der Waals surface area contributed by atoms with Gasteiger partial charge in [-0.25, -0.2) is 9.78 Å². The first kappa shape index (κ1) is 22.1. The van der Waals surface area contributed by atoms with Crippen molar-refractivity contribution < 1.29 is 19.1 Å². The molecule has 2 aromatic heterocycles. The Labute approximate surface area is 205 Å². The highest BCUT2D eigenvalue weighted by molar-refractivity contribution is 5.95. The van der Waals surface area contributed by atoms with Crippen molar-refractivity contribution in [3.63, 3.8) is 0 Å². The number of fused-ring (bicyclic) bond motifs is 3. The summed E-state index contributed by atoms with van der Waals surface area (Å²) in [6.07, 6.45) is -0.151. The van der Waals surface area contributed by atoms with Crippen LogP contribution in [0.25, 0.3) is 10.9 Å². The topological polar surface area (TPSA) is 130 Å². The summed E-state index contributed by atoms with van der Waals surface area (Å²) in [6.45, 7) is 2.22. The Morgan fingerprint density at radius 1 is 1.11 bits per heavy atom. The van der Waals surface area contributed by atoms with Gasteiger partial charge in [-0.3, -0.25) is 19.4 Å². The second-order valence-electron chi connectivity index (χ2n) is 9.01. The Morgan fingerprint density at radius 2 is 1.97 bits per heavy atom. The molecular weight excluding hydrogens is 464 g/mol. The van der Waals surface area contributed by atoms with Crippen LogP contribution in [-0.2, 0) is 16.1 Å². The molecule has 36 heavy (non-hydrogen) atoms. The molecule has 1 aromatic carbocycles. The van der Waals surface area contributed by atoms with Crippen LogP contribution in [0.2, 0.25) is 0 Å². The maximum Gasteiger partial charge on any atom is 0.416 e. The van der Waals surface area contributed by atoms with Crippen molar-refractivity contribution in [2.24, 2.45) is 0 Å². The van der Waals surface area contributed by atoms with E-state index in [9.17, 15) is 19.6 Å². The number of amides is 2. The molecule has 0 spiro atoms. The highest BCUT2D eigenvalue weighted by atomic mass is 16.6. The molecule has 5 heterocycles. The highest BCUT2D eigenvalue weighted by Crippen LogP contribution is 2.34. The molecule has 6 rings (SSSR count). The number of anilines is 2. The van der Waals surface area contributed by atoms with Gasteiger partial charge in [0.2, 0.25) is 0 Å². The zero-order valence-electron chi connectivity index (χ0n) is 19.2. The number of nitriles is 1. The summed E-state index contributed by atoms with van der Waals surface area (Å²) in [6, 6.07) is 13.9. The molecule has 0 radical (unpaired) electrons. The van der Waals surface area contributed by atoms with Crippen molar-refractivity contribution in [3.05, 3.63) is 58.4 Å². The van der Waals surface area contributed by atoms with Crippen molar-refractivity contribution >= 4 is 34.5 Å². The minimum atomic E-state index is -0.475. The van der Waals surface area contributed by atoms with Crippen LogP contribution in [-0.4, -0.2) is 64.8 Å². The molecule has 1 N–H and O–H groups in total. The first-order chi connectivity index (χ1) is 17.5. The second-order valence-corrected chi connectivity index (χ2v) is 9.01. The summed E-state index contributed by atoms with van der Waals surface area (Å²) in [5, 5.41) is 12.8. The minimum Gasteiger partial charge on any atom is -0.480 e. The average molecular weight is 486 g/mol. The molecule has 2 fully saturated rings. The van der Waals surface area contributed by atoms with E-state index in [2.05, 4.69) is 21.3 Å². The smallest absolute Gasteiger partial charge is 0.416 e. The average Bonchev–Trinajstić information content (AvgIpc) is 3.22. The predicted molar refractivity (Wildman–Crippen MR) is 129 cm³/mol. The van der Waals surface area contributed by atoms with Crippen molar-refractivity contribution in [1.82, 2.24) is 14.5 Å². The van der Waals surface area contributed by atoms with Crippen LogP contribution in [0.5, 0.6) is 5.75 Å². The molecular formula is C25H22N6O5. The number of hydrogen-bond acceptors (Lipinski definition) is 8. The lowest BCUT2D eigenvalue weighted by molar-refractivity contribution is -0.118. The standard InChI is InChI=1S/C25H22N6O5/c26-12-15-1-2-16-3-6-23(33)30(18(16)11-15)10-9-29-8-7-17-20(13-29)36-25(34)31(17)21-5-4-19-24(27-21)28-22(32)14-35-19/h1-6,11,17,20H,7-10,13-14H2,(H,27,28,32)/t17-,20+/m1/s1. The number of benzene rings is 1. The largest absolute Gasteiger partial charge is 0.480 e. The quantitative estimate of drug-likeness (QED) is 0.590. The predicted octanol–water partition coefficient (Wildman–Crippen LogP) is 1.70. The number of nitrogens with one attached hydrogen (secondary N) is 1. The normalized spacial score (nSPS) is 21.2. The summed E-state index contributed by atoms with van der Waals surface area (Å²) >= 11 is 0. The van der Waals surface area contributed by atoms with Gasteiger partial charge in [-0.1, -0.05) is 6.07 Å². The molecule has 3 aliphatic heterocycles. The Kier molecular flexibility index (Phi) is 5.30. The van der Waals surface area contributed by atoms with Gasteiger partial charge in [0.05, 0.1) is 23.2 Å². The van der Waals surface area contributed by atoms with Gasteiger partial charge in [0, 0.05) is 32.2 Å². The molecule has 11 nitrogen and oxygen atoms in total. The number of piperidine rings is 1. The summed E-state index contributed by atoms with van der Waals surface area (Å²) in [5.41, 5.74) is 1.10. The highest BCUT2D eigenvalue weighted by Gasteiger charge is 2.46. The molecule has 0 saturated carbocycles. The van der Waals surface area contributed by atoms with E-state index in [1.54, 1.807) is 39.8 Å². The van der Waals surface area contributed by atoms with Crippen LogP contribution < -0.4 is 20.5 Å². The van der Waals surface area contributed by atoms with E-state index in [4.69, 9.17) is 9.47 Å². The number of aromatic nitrogens is 2. The van der Waals surface area contributed by atoms with E-state index in [0.717, 1.165) is 10.9 Å². The molecule has 2 atom stereocenters. The number of carbonyl (C=O) groups excluding carboxylic acids is 2. The van der Waals surface area contributed by atoms with E-state index in [1.165, 1.54) is 6.07 Å². The number of rotatable bonds is 4. The van der Waals surface area contributed by atoms with Crippen molar-refractivity contribution in [2.45, 2.75) is 25.1 Å². The van der Waals surface area contributed by atoms with Gasteiger partial charge in [-0.15, -0.1) is 0 Å².